The van der Waals surface area contributed by atoms with Gasteiger partial charge in [0.25, 0.3) is 0 Å². The second kappa shape index (κ2) is 4.43. The third-order valence-electron chi connectivity index (χ3n) is 2.54. The lowest BCUT2D eigenvalue weighted by Crippen LogP contribution is -2.25. The predicted octanol–water partition coefficient (Wildman–Crippen LogP) is 2.24. The minimum Gasteiger partial charge on any atom is -0.460 e. The van der Waals surface area contributed by atoms with Crippen molar-refractivity contribution in [2.24, 2.45) is 0 Å². The number of rotatable bonds is 3. The largest absolute Gasteiger partial charge is 0.460 e. The molecule has 0 aromatic carbocycles. The molecule has 0 saturated heterocycles. The summed E-state index contributed by atoms with van der Waals surface area (Å²) in [5.74, 6) is 0.310. The fraction of sp³-hybridized carbons (Fsp3) is 0.615. The van der Waals surface area contributed by atoms with Gasteiger partial charge in [-0.2, -0.15) is 0 Å². The van der Waals surface area contributed by atoms with Gasteiger partial charge in [0.2, 0.25) is 0 Å². The number of aromatic nitrogens is 2. The van der Waals surface area contributed by atoms with Crippen molar-refractivity contribution in [3.63, 3.8) is 0 Å². The van der Waals surface area contributed by atoms with Crippen LogP contribution in [0.15, 0.2) is 12.5 Å². The Morgan fingerprint density at radius 1 is 1.47 bits per heavy atom. The molecule has 1 aliphatic rings. The van der Waals surface area contributed by atoms with Gasteiger partial charge in [0, 0.05) is 17.7 Å². The molecule has 1 fully saturated rings. The Labute approximate surface area is 101 Å². The molecule has 0 spiro atoms. The quantitative estimate of drug-likeness (QED) is 0.753. The van der Waals surface area contributed by atoms with E-state index in [1.807, 2.05) is 20.8 Å². The minimum absolute atomic E-state index is 0.214. The highest BCUT2D eigenvalue weighted by Crippen LogP contribution is 2.40. The summed E-state index contributed by atoms with van der Waals surface area (Å²) < 4.78 is 5.30. The minimum atomic E-state index is -0.438. The zero-order chi connectivity index (χ0) is 12.5. The van der Waals surface area contributed by atoms with Gasteiger partial charge in [-0.15, -0.1) is 0 Å². The molecule has 92 valence electrons. The van der Waals surface area contributed by atoms with Crippen LogP contribution in [0.1, 0.15) is 50.8 Å². The number of ether oxygens (including phenoxy) is 1. The first-order chi connectivity index (χ1) is 7.96. The molecule has 0 N–H and O–H groups in total. The number of nitrogens with zero attached hydrogens (tertiary/aromatic N) is 2. The Morgan fingerprint density at radius 3 is 2.76 bits per heavy atom. The Morgan fingerprint density at radius 2 is 2.18 bits per heavy atom. The Hall–Kier alpha value is -1.45. The van der Waals surface area contributed by atoms with Crippen molar-refractivity contribution in [3.8, 4) is 0 Å². The lowest BCUT2D eigenvalue weighted by atomic mass is 10.1. The molecule has 1 aromatic rings. The highest BCUT2D eigenvalue weighted by Gasteiger charge is 2.28. The van der Waals surface area contributed by atoms with Gasteiger partial charge < -0.3 is 4.74 Å². The first-order valence-electron chi connectivity index (χ1n) is 5.96. The van der Waals surface area contributed by atoms with Crippen molar-refractivity contribution < 1.29 is 9.53 Å². The van der Waals surface area contributed by atoms with E-state index in [-0.39, 0.29) is 12.4 Å². The van der Waals surface area contributed by atoms with Crippen LogP contribution >= 0.6 is 0 Å². The van der Waals surface area contributed by atoms with Gasteiger partial charge in [-0.3, -0.25) is 4.79 Å². The smallest absolute Gasteiger partial charge is 0.310 e. The van der Waals surface area contributed by atoms with Crippen molar-refractivity contribution in [3.05, 3.63) is 23.8 Å². The van der Waals surface area contributed by atoms with E-state index < -0.39 is 5.60 Å². The van der Waals surface area contributed by atoms with Crippen molar-refractivity contribution >= 4 is 5.97 Å². The SMILES string of the molecule is CC(C)(C)OC(=O)Cc1cncnc1C1CC1. The second-order valence-electron chi connectivity index (χ2n) is 5.47. The van der Waals surface area contributed by atoms with E-state index in [0.717, 1.165) is 11.3 Å². The maximum atomic E-state index is 11.7. The van der Waals surface area contributed by atoms with Crippen LogP contribution in [0.4, 0.5) is 0 Å². The number of hydrogen-bond acceptors (Lipinski definition) is 4. The Bertz CT molecular complexity index is 420. The van der Waals surface area contributed by atoms with Crippen LogP contribution in [0.2, 0.25) is 0 Å². The predicted molar refractivity (Wildman–Crippen MR) is 63.6 cm³/mol. The first kappa shape index (κ1) is 12.0. The molecule has 17 heavy (non-hydrogen) atoms. The fourth-order valence-corrected chi connectivity index (χ4v) is 1.76. The third kappa shape index (κ3) is 3.51. The average Bonchev–Trinajstić information content (AvgIpc) is 2.98. The molecule has 1 saturated carbocycles. The van der Waals surface area contributed by atoms with Crippen LogP contribution in [-0.2, 0) is 16.0 Å². The molecular formula is C13H18N2O2. The fourth-order valence-electron chi connectivity index (χ4n) is 1.76. The van der Waals surface area contributed by atoms with Gasteiger partial charge >= 0.3 is 5.97 Å². The van der Waals surface area contributed by atoms with Crippen LogP contribution in [0.25, 0.3) is 0 Å². The van der Waals surface area contributed by atoms with Gasteiger partial charge in [0.1, 0.15) is 11.9 Å². The highest BCUT2D eigenvalue weighted by molar-refractivity contribution is 5.73. The molecule has 0 bridgehead atoms. The molecule has 4 nitrogen and oxygen atoms in total. The Kier molecular flexibility index (Phi) is 3.13. The van der Waals surface area contributed by atoms with Crippen LogP contribution in [0.5, 0.6) is 0 Å². The molecule has 2 rings (SSSR count). The molecule has 1 aromatic heterocycles. The molecule has 0 unspecified atom stereocenters. The lowest BCUT2D eigenvalue weighted by molar-refractivity contribution is -0.153. The molecule has 1 heterocycles. The zero-order valence-electron chi connectivity index (χ0n) is 10.6. The van der Waals surface area contributed by atoms with E-state index in [2.05, 4.69) is 9.97 Å². The molecule has 0 amide bonds. The maximum absolute atomic E-state index is 11.7. The van der Waals surface area contributed by atoms with Crippen LogP contribution in [0, 0.1) is 0 Å². The summed E-state index contributed by atoms with van der Waals surface area (Å²) in [6.45, 7) is 5.61. The summed E-state index contributed by atoms with van der Waals surface area (Å²) in [4.78, 5) is 20.0. The third-order valence-corrected chi connectivity index (χ3v) is 2.54. The van der Waals surface area contributed by atoms with Gasteiger partial charge in [-0.05, 0) is 33.6 Å². The van der Waals surface area contributed by atoms with E-state index in [0.29, 0.717) is 5.92 Å². The zero-order valence-corrected chi connectivity index (χ0v) is 10.6. The standard InChI is InChI=1S/C13H18N2O2/c1-13(2,3)17-11(16)6-10-7-14-8-15-12(10)9-4-5-9/h7-9H,4-6H2,1-3H3. The van der Waals surface area contributed by atoms with E-state index in [1.165, 1.54) is 12.8 Å². The van der Waals surface area contributed by atoms with E-state index >= 15 is 0 Å². The second-order valence-corrected chi connectivity index (χ2v) is 5.47. The molecule has 1 aliphatic carbocycles. The van der Waals surface area contributed by atoms with Crippen LogP contribution in [-0.4, -0.2) is 21.5 Å². The number of hydrogen-bond donors (Lipinski definition) is 0. The molecule has 0 atom stereocenters. The van der Waals surface area contributed by atoms with Gasteiger partial charge in [0.15, 0.2) is 0 Å². The summed E-state index contributed by atoms with van der Waals surface area (Å²) in [6.07, 6.45) is 5.87. The summed E-state index contributed by atoms with van der Waals surface area (Å²) in [6, 6.07) is 0. The van der Waals surface area contributed by atoms with Gasteiger partial charge in [0.05, 0.1) is 12.1 Å². The highest BCUT2D eigenvalue weighted by atomic mass is 16.6. The first-order valence-corrected chi connectivity index (χ1v) is 5.96. The number of carbonyl (C=O) groups is 1. The topological polar surface area (TPSA) is 52.1 Å². The van der Waals surface area contributed by atoms with Gasteiger partial charge in [-0.1, -0.05) is 0 Å². The van der Waals surface area contributed by atoms with Crippen LogP contribution < -0.4 is 0 Å². The molecule has 4 heteroatoms. The molecule has 0 aliphatic heterocycles. The maximum Gasteiger partial charge on any atom is 0.310 e. The van der Waals surface area contributed by atoms with E-state index in [4.69, 9.17) is 4.74 Å². The van der Waals surface area contributed by atoms with Crippen molar-refractivity contribution in [2.75, 3.05) is 0 Å². The molecule has 0 radical (unpaired) electrons. The van der Waals surface area contributed by atoms with Crippen molar-refractivity contribution in [1.29, 1.82) is 0 Å². The van der Waals surface area contributed by atoms with E-state index in [9.17, 15) is 4.79 Å². The average molecular weight is 234 g/mol. The lowest BCUT2D eigenvalue weighted by Gasteiger charge is -2.19. The Balaban J connectivity index is 2.05. The van der Waals surface area contributed by atoms with Gasteiger partial charge in [-0.25, -0.2) is 9.97 Å². The normalized spacial score (nSPS) is 15.7. The van der Waals surface area contributed by atoms with Crippen molar-refractivity contribution in [1.82, 2.24) is 9.97 Å². The summed E-state index contributed by atoms with van der Waals surface area (Å²) >= 11 is 0. The van der Waals surface area contributed by atoms with Crippen molar-refractivity contribution in [2.45, 2.75) is 51.6 Å². The van der Waals surface area contributed by atoms with E-state index in [1.54, 1.807) is 12.5 Å². The molecular weight excluding hydrogens is 216 g/mol. The summed E-state index contributed by atoms with van der Waals surface area (Å²) in [5.41, 5.74) is 1.49. The number of esters is 1. The number of carbonyl (C=O) groups excluding carboxylic acids is 1. The van der Waals surface area contributed by atoms with Crippen LogP contribution in [0.3, 0.4) is 0 Å². The monoisotopic (exact) mass is 234 g/mol. The summed E-state index contributed by atoms with van der Waals surface area (Å²) in [7, 11) is 0. The summed E-state index contributed by atoms with van der Waals surface area (Å²) in [5, 5.41) is 0.